The first-order valence-corrected chi connectivity index (χ1v) is 4.74. The summed E-state index contributed by atoms with van der Waals surface area (Å²) in [5, 5.41) is 7.29. The number of nitrogens with two attached hydrogens (primary N) is 1. The lowest BCUT2D eigenvalue weighted by atomic mass is 9.92. The number of rotatable bonds is 2. The fraction of sp³-hybridized carbons (Fsp3) is 0.700. The number of H-pyrrole nitrogens is 1. The van der Waals surface area contributed by atoms with Gasteiger partial charge >= 0.3 is 0 Å². The third-order valence-corrected chi connectivity index (χ3v) is 3.46. The molecule has 3 heteroatoms. The molecule has 1 aliphatic carbocycles. The monoisotopic (exact) mass is 179 g/mol. The van der Waals surface area contributed by atoms with Crippen molar-refractivity contribution in [2.75, 3.05) is 6.54 Å². The van der Waals surface area contributed by atoms with Gasteiger partial charge in [0, 0.05) is 17.7 Å². The minimum atomic E-state index is 0.137. The lowest BCUT2D eigenvalue weighted by Crippen LogP contribution is -2.25. The largest absolute Gasteiger partial charge is 0.330 e. The third kappa shape index (κ3) is 1.03. The summed E-state index contributed by atoms with van der Waals surface area (Å²) < 4.78 is 0. The maximum absolute atomic E-state index is 5.83. The van der Waals surface area contributed by atoms with E-state index in [1.807, 2.05) is 6.92 Å². The Balaban J connectivity index is 2.35. The maximum Gasteiger partial charge on any atom is 0.0704 e. The first-order valence-electron chi connectivity index (χ1n) is 4.74. The van der Waals surface area contributed by atoms with E-state index in [1.165, 1.54) is 0 Å². The number of hydrogen-bond donors (Lipinski definition) is 2. The predicted octanol–water partition coefficient (Wildman–Crippen LogP) is 1.34. The molecule has 0 bridgehead atoms. The number of hydrogen-bond acceptors (Lipinski definition) is 2. The Morgan fingerprint density at radius 1 is 1.62 bits per heavy atom. The second-order valence-corrected chi connectivity index (χ2v) is 4.78. The molecular formula is C10H17N3. The van der Waals surface area contributed by atoms with Crippen molar-refractivity contribution in [1.82, 2.24) is 10.2 Å². The van der Waals surface area contributed by atoms with Crippen molar-refractivity contribution in [3.8, 4) is 0 Å². The molecule has 1 saturated carbocycles. The molecule has 72 valence electrons. The smallest absolute Gasteiger partial charge is 0.0704 e. The molecule has 1 aliphatic rings. The number of aromatic nitrogens is 2. The van der Waals surface area contributed by atoms with Gasteiger partial charge < -0.3 is 5.73 Å². The molecule has 1 aromatic heterocycles. The van der Waals surface area contributed by atoms with Crippen LogP contribution in [0.2, 0.25) is 0 Å². The van der Waals surface area contributed by atoms with E-state index in [4.69, 9.17) is 5.73 Å². The van der Waals surface area contributed by atoms with Crippen LogP contribution < -0.4 is 5.73 Å². The van der Waals surface area contributed by atoms with Crippen LogP contribution >= 0.6 is 0 Å². The molecule has 1 fully saturated rings. The van der Waals surface area contributed by atoms with Crippen molar-refractivity contribution in [2.45, 2.75) is 32.6 Å². The van der Waals surface area contributed by atoms with Crippen molar-refractivity contribution in [2.24, 2.45) is 11.1 Å². The Morgan fingerprint density at radius 2 is 2.23 bits per heavy atom. The molecule has 1 heterocycles. The standard InChI is InChI=1S/C10H17N3/c1-7-4-8(13-12-7)10(6-11)5-9(10,2)3/h4H,5-6,11H2,1-3H3,(H,12,13). The first-order chi connectivity index (χ1) is 6.02. The molecule has 1 unspecified atom stereocenters. The summed E-state index contributed by atoms with van der Waals surface area (Å²) in [7, 11) is 0. The molecular weight excluding hydrogens is 162 g/mol. The summed E-state index contributed by atoms with van der Waals surface area (Å²) in [6.45, 7) is 7.23. The van der Waals surface area contributed by atoms with Crippen LogP contribution in [0, 0.1) is 12.3 Å². The Morgan fingerprint density at radius 3 is 2.54 bits per heavy atom. The van der Waals surface area contributed by atoms with Gasteiger partial charge in [-0.15, -0.1) is 0 Å². The molecule has 0 amide bonds. The summed E-state index contributed by atoms with van der Waals surface area (Å²) in [6.07, 6.45) is 1.15. The van der Waals surface area contributed by atoms with Gasteiger partial charge in [0.25, 0.3) is 0 Å². The summed E-state index contributed by atoms with van der Waals surface area (Å²) in [4.78, 5) is 0. The van der Waals surface area contributed by atoms with E-state index in [2.05, 4.69) is 30.1 Å². The van der Waals surface area contributed by atoms with Gasteiger partial charge in [-0.2, -0.15) is 5.10 Å². The average molecular weight is 179 g/mol. The van der Waals surface area contributed by atoms with Gasteiger partial charge in [-0.1, -0.05) is 13.8 Å². The van der Waals surface area contributed by atoms with Crippen molar-refractivity contribution < 1.29 is 0 Å². The molecule has 0 spiro atoms. The van der Waals surface area contributed by atoms with Crippen molar-refractivity contribution in [3.63, 3.8) is 0 Å². The van der Waals surface area contributed by atoms with Crippen LogP contribution in [0.1, 0.15) is 31.7 Å². The number of aryl methyl sites for hydroxylation is 1. The topological polar surface area (TPSA) is 54.7 Å². The van der Waals surface area contributed by atoms with Gasteiger partial charge in [0.1, 0.15) is 0 Å². The first kappa shape index (κ1) is 8.75. The summed E-state index contributed by atoms with van der Waals surface area (Å²) in [6, 6.07) is 2.11. The van der Waals surface area contributed by atoms with Crippen LogP contribution in [0.4, 0.5) is 0 Å². The molecule has 0 aromatic carbocycles. The highest BCUT2D eigenvalue weighted by Gasteiger charge is 2.62. The van der Waals surface area contributed by atoms with Crippen LogP contribution in [0.15, 0.2) is 6.07 Å². The Kier molecular flexibility index (Phi) is 1.58. The molecule has 13 heavy (non-hydrogen) atoms. The van der Waals surface area contributed by atoms with Gasteiger partial charge in [0.2, 0.25) is 0 Å². The summed E-state index contributed by atoms with van der Waals surface area (Å²) >= 11 is 0. The van der Waals surface area contributed by atoms with E-state index >= 15 is 0 Å². The Labute approximate surface area is 78.7 Å². The van der Waals surface area contributed by atoms with Gasteiger partial charge in [-0.25, -0.2) is 0 Å². The zero-order chi connectivity index (χ0) is 9.69. The molecule has 0 saturated heterocycles. The lowest BCUT2D eigenvalue weighted by molar-refractivity contribution is 0.492. The minimum Gasteiger partial charge on any atom is -0.330 e. The fourth-order valence-electron chi connectivity index (χ4n) is 2.26. The highest BCUT2D eigenvalue weighted by molar-refractivity contribution is 5.33. The number of aromatic amines is 1. The van der Waals surface area contributed by atoms with E-state index in [9.17, 15) is 0 Å². The summed E-state index contributed by atoms with van der Waals surface area (Å²) in [5.74, 6) is 0. The van der Waals surface area contributed by atoms with Crippen LogP contribution in [-0.2, 0) is 5.41 Å². The minimum absolute atomic E-state index is 0.137. The predicted molar refractivity (Wildman–Crippen MR) is 52.5 cm³/mol. The Hall–Kier alpha value is -0.830. The normalized spacial score (nSPS) is 30.5. The second kappa shape index (κ2) is 2.35. The zero-order valence-electron chi connectivity index (χ0n) is 8.52. The van der Waals surface area contributed by atoms with Gasteiger partial charge in [-0.05, 0) is 24.8 Å². The van der Waals surface area contributed by atoms with Gasteiger partial charge in [0.15, 0.2) is 0 Å². The van der Waals surface area contributed by atoms with E-state index in [1.54, 1.807) is 0 Å². The van der Waals surface area contributed by atoms with E-state index in [0.717, 1.165) is 17.8 Å². The average Bonchev–Trinajstić information content (AvgIpc) is 2.43. The van der Waals surface area contributed by atoms with Gasteiger partial charge in [0.05, 0.1) is 5.69 Å². The van der Waals surface area contributed by atoms with Crippen molar-refractivity contribution in [1.29, 1.82) is 0 Å². The lowest BCUT2D eigenvalue weighted by Gasteiger charge is -2.14. The zero-order valence-corrected chi connectivity index (χ0v) is 8.52. The highest BCUT2D eigenvalue weighted by Crippen LogP contribution is 2.63. The van der Waals surface area contributed by atoms with E-state index < -0.39 is 0 Å². The second-order valence-electron chi connectivity index (χ2n) is 4.78. The van der Waals surface area contributed by atoms with E-state index in [0.29, 0.717) is 12.0 Å². The quantitative estimate of drug-likeness (QED) is 0.720. The molecule has 3 N–H and O–H groups in total. The Bertz CT molecular complexity index is 327. The van der Waals surface area contributed by atoms with E-state index in [-0.39, 0.29) is 5.41 Å². The van der Waals surface area contributed by atoms with Crippen molar-refractivity contribution in [3.05, 3.63) is 17.5 Å². The molecule has 0 radical (unpaired) electrons. The SMILES string of the molecule is Cc1cc(C2(CN)CC2(C)C)n[nH]1. The number of nitrogens with one attached hydrogen (secondary N) is 1. The van der Waals surface area contributed by atoms with Gasteiger partial charge in [-0.3, -0.25) is 5.10 Å². The maximum atomic E-state index is 5.83. The highest BCUT2D eigenvalue weighted by atomic mass is 15.1. The molecule has 1 aromatic rings. The molecule has 3 nitrogen and oxygen atoms in total. The molecule has 2 rings (SSSR count). The molecule has 0 aliphatic heterocycles. The number of nitrogens with zero attached hydrogens (tertiary/aromatic N) is 1. The van der Waals surface area contributed by atoms with Crippen LogP contribution in [0.25, 0.3) is 0 Å². The van der Waals surface area contributed by atoms with Crippen LogP contribution in [0.5, 0.6) is 0 Å². The third-order valence-electron chi connectivity index (χ3n) is 3.46. The van der Waals surface area contributed by atoms with Crippen molar-refractivity contribution >= 4 is 0 Å². The fourth-order valence-corrected chi connectivity index (χ4v) is 2.26. The molecule has 1 atom stereocenters. The summed E-state index contributed by atoms with van der Waals surface area (Å²) in [5.41, 5.74) is 8.54. The van der Waals surface area contributed by atoms with Crippen LogP contribution in [0.3, 0.4) is 0 Å². The van der Waals surface area contributed by atoms with Crippen LogP contribution in [-0.4, -0.2) is 16.7 Å².